The van der Waals surface area contributed by atoms with Crippen molar-refractivity contribution in [2.24, 2.45) is 0 Å². The lowest BCUT2D eigenvalue weighted by Gasteiger charge is -2.10. The minimum atomic E-state index is -0.105. The summed E-state index contributed by atoms with van der Waals surface area (Å²) < 4.78 is 0. The summed E-state index contributed by atoms with van der Waals surface area (Å²) in [7, 11) is 0. The number of nitrogens with one attached hydrogen (secondary N) is 1. The Balaban J connectivity index is 2.07. The fraction of sp³-hybridized carbons (Fsp3) is 0.333. The SMILES string of the molecule is O=c1cc(C2CCCC2)nc(-c2ccccc2Cl)[nH]1. The zero-order chi connectivity index (χ0) is 13.2. The van der Waals surface area contributed by atoms with Crippen LogP contribution in [0.2, 0.25) is 5.02 Å². The van der Waals surface area contributed by atoms with Gasteiger partial charge in [0, 0.05) is 17.5 Å². The van der Waals surface area contributed by atoms with Gasteiger partial charge in [-0.25, -0.2) is 4.98 Å². The molecule has 0 saturated heterocycles. The van der Waals surface area contributed by atoms with E-state index in [0.717, 1.165) is 24.1 Å². The molecule has 0 radical (unpaired) electrons. The maximum Gasteiger partial charge on any atom is 0.251 e. The first-order valence-corrected chi connectivity index (χ1v) is 6.98. The van der Waals surface area contributed by atoms with Gasteiger partial charge in [-0.2, -0.15) is 0 Å². The van der Waals surface area contributed by atoms with Crippen molar-refractivity contribution in [1.29, 1.82) is 0 Å². The van der Waals surface area contributed by atoms with E-state index >= 15 is 0 Å². The summed E-state index contributed by atoms with van der Waals surface area (Å²) in [5.41, 5.74) is 1.57. The molecule has 3 nitrogen and oxygen atoms in total. The fourth-order valence-electron chi connectivity index (χ4n) is 2.69. The summed E-state index contributed by atoms with van der Waals surface area (Å²) in [4.78, 5) is 19.2. The topological polar surface area (TPSA) is 45.8 Å². The highest BCUT2D eigenvalue weighted by Gasteiger charge is 2.20. The number of H-pyrrole nitrogens is 1. The summed E-state index contributed by atoms with van der Waals surface area (Å²) in [5.74, 6) is 0.989. The van der Waals surface area contributed by atoms with Crippen LogP contribution in [-0.2, 0) is 0 Å². The molecule has 0 bridgehead atoms. The molecule has 0 unspecified atom stereocenters. The summed E-state index contributed by atoms with van der Waals surface area (Å²) in [6, 6.07) is 9.06. The quantitative estimate of drug-likeness (QED) is 0.906. The third-order valence-corrected chi connectivity index (χ3v) is 3.99. The standard InChI is InChI=1S/C15H15ClN2O/c16-12-8-4-3-7-11(12)15-17-13(9-14(19)18-15)10-5-1-2-6-10/h3-4,7-10H,1-2,5-6H2,(H,17,18,19). The van der Waals surface area contributed by atoms with Gasteiger partial charge >= 0.3 is 0 Å². The number of benzene rings is 1. The number of hydrogen-bond acceptors (Lipinski definition) is 2. The van der Waals surface area contributed by atoms with Crippen molar-refractivity contribution in [3.63, 3.8) is 0 Å². The maximum absolute atomic E-state index is 11.8. The minimum absolute atomic E-state index is 0.105. The predicted octanol–water partition coefficient (Wildman–Crippen LogP) is 3.75. The van der Waals surface area contributed by atoms with Crippen LogP contribution >= 0.6 is 11.6 Å². The van der Waals surface area contributed by atoms with E-state index < -0.39 is 0 Å². The van der Waals surface area contributed by atoms with Gasteiger partial charge in [-0.1, -0.05) is 36.6 Å². The second-order valence-corrected chi connectivity index (χ2v) is 5.39. The number of halogens is 1. The molecular weight excluding hydrogens is 260 g/mol. The molecule has 1 N–H and O–H groups in total. The lowest BCUT2D eigenvalue weighted by Crippen LogP contribution is -2.12. The Bertz CT molecular complexity index is 645. The van der Waals surface area contributed by atoms with E-state index in [9.17, 15) is 4.79 Å². The molecule has 1 aliphatic rings. The lowest BCUT2D eigenvalue weighted by atomic mass is 10.0. The second-order valence-electron chi connectivity index (χ2n) is 4.98. The third-order valence-electron chi connectivity index (χ3n) is 3.66. The summed E-state index contributed by atoms with van der Waals surface area (Å²) in [6.45, 7) is 0. The van der Waals surface area contributed by atoms with Crippen LogP contribution in [0.5, 0.6) is 0 Å². The van der Waals surface area contributed by atoms with Gasteiger partial charge in [0.1, 0.15) is 5.82 Å². The van der Waals surface area contributed by atoms with Crippen molar-refractivity contribution in [2.45, 2.75) is 31.6 Å². The van der Waals surface area contributed by atoms with Crippen LogP contribution in [0, 0.1) is 0 Å². The monoisotopic (exact) mass is 274 g/mol. The van der Waals surface area contributed by atoms with Gasteiger partial charge in [0.25, 0.3) is 5.56 Å². The molecule has 1 aromatic carbocycles. The van der Waals surface area contributed by atoms with Crippen molar-refractivity contribution in [3.8, 4) is 11.4 Å². The van der Waals surface area contributed by atoms with Gasteiger partial charge in [-0.3, -0.25) is 4.79 Å². The zero-order valence-corrected chi connectivity index (χ0v) is 11.3. The largest absolute Gasteiger partial charge is 0.306 e. The van der Waals surface area contributed by atoms with Crippen molar-refractivity contribution in [2.75, 3.05) is 0 Å². The highest BCUT2D eigenvalue weighted by atomic mass is 35.5. The Morgan fingerprint density at radius 3 is 2.68 bits per heavy atom. The van der Waals surface area contributed by atoms with Crippen LogP contribution in [0.25, 0.3) is 11.4 Å². The number of nitrogens with zero attached hydrogens (tertiary/aromatic N) is 1. The second kappa shape index (κ2) is 5.17. The normalized spacial score (nSPS) is 15.8. The van der Waals surface area contributed by atoms with Gasteiger partial charge in [-0.05, 0) is 25.0 Å². The van der Waals surface area contributed by atoms with E-state index in [1.165, 1.54) is 12.8 Å². The Morgan fingerprint density at radius 2 is 1.95 bits per heavy atom. The number of aromatic amines is 1. The number of hydrogen-bond donors (Lipinski definition) is 1. The molecule has 0 spiro atoms. The molecule has 2 aromatic rings. The first-order chi connectivity index (χ1) is 9.24. The van der Waals surface area contributed by atoms with E-state index in [4.69, 9.17) is 11.6 Å². The summed E-state index contributed by atoms with van der Waals surface area (Å²) in [5, 5.41) is 0.606. The van der Waals surface area contributed by atoms with Gasteiger partial charge in [0.05, 0.1) is 10.7 Å². The zero-order valence-electron chi connectivity index (χ0n) is 10.5. The van der Waals surface area contributed by atoms with Crippen molar-refractivity contribution in [1.82, 2.24) is 9.97 Å². The average molecular weight is 275 g/mol. The molecule has 3 rings (SSSR count). The highest BCUT2D eigenvalue weighted by Crippen LogP contribution is 2.33. The number of rotatable bonds is 2. The molecule has 0 atom stereocenters. The van der Waals surface area contributed by atoms with Gasteiger partial charge < -0.3 is 4.98 Å². The van der Waals surface area contributed by atoms with Gasteiger partial charge in [0.2, 0.25) is 0 Å². The number of aromatic nitrogens is 2. The maximum atomic E-state index is 11.8. The van der Waals surface area contributed by atoms with E-state index in [0.29, 0.717) is 16.8 Å². The molecule has 4 heteroatoms. The van der Waals surface area contributed by atoms with Crippen LogP contribution in [0.1, 0.15) is 37.3 Å². The van der Waals surface area contributed by atoms with Crippen molar-refractivity contribution < 1.29 is 0 Å². The molecule has 1 fully saturated rings. The summed E-state index contributed by atoms with van der Waals surface area (Å²) in [6.07, 6.45) is 4.69. The van der Waals surface area contributed by atoms with Crippen molar-refractivity contribution >= 4 is 11.6 Å². The van der Waals surface area contributed by atoms with E-state index in [2.05, 4.69) is 9.97 Å². The Labute approximate surface area is 116 Å². The molecule has 1 heterocycles. The van der Waals surface area contributed by atoms with Crippen LogP contribution in [0.3, 0.4) is 0 Å². The van der Waals surface area contributed by atoms with Crippen molar-refractivity contribution in [3.05, 3.63) is 51.4 Å². The van der Waals surface area contributed by atoms with Crippen LogP contribution in [-0.4, -0.2) is 9.97 Å². The molecule has 0 amide bonds. The Hall–Kier alpha value is -1.61. The van der Waals surface area contributed by atoms with Gasteiger partial charge in [-0.15, -0.1) is 0 Å². The molecule has 1 aromatic heterocycles. The Morgan fingerprint density at radius 1 is 1.21 bits per heavy atom. The first kappa shape index (κ1) is 12.4. The van der Waals surface area contributed by atoms with Crippen LogP contribution < -0.4 is 5.56 Å². The van der Waals surface area contributed by atoms with E-state index in [1.54, 1.807) is 12.1 Å². The van der Waals surface area contributed by atoms with E-state index in [-0.39, 0.29) is 5.56 Å². The molecule has 1 aliphatic carbocycles. The molecule has 0 aliphatic heterocycles. The molecule has 19 heavy (non-hydrogen) atoms. The summed E-state index contributed by atoms with van der Waals surface area (Å²) >= 11 is 6.16. The highest BCUT2D eigenvalue weighted by molar-refractivity contribution is 6.33. The van der Waals surface area contributed by atoms with Crippen LogP contribution in [0.4, 0.5) is 0 Å². The minimum Gasteiger partial charge on any atom is -0.306 e. The predicted molar refractivity (Wildman–Crippen MR) is 76.5 cm³/mol. The Kier molecular flexibility index (Phi) is 3.38. The average Bonchev–Trinajstić information content (AvgIpc) is 2.92. The molecular formula is C15H15ClN2O. The molecule has 1 saturated carbocycles. The van der Waals surface area contributed by atoms with Gasteiger partial charge in [0.15, 0.2) is 0 Å². The first-order valence-electron chi connectivity index (χ1n) is 6.60. The van der Waals surface area contributed by atoms with E-state index in [1.807, 2.05) is 18.2 Å². The fourth-order valence-corrected chi connectivity index (χ4v) is 2.91. The third kappa shape index (κ3) is 2.56. The molecule has 98 valence electrons. The van der Waals surface area contributed by atoms with Crippen LogP contribution in [0.15, 0.2) is 35.1 Å². The lowest BCUT2D eigenvalue weighted by molar-refractivity contribution is 0.693. The smallest absolute Gasteiger partial charge is 0.251 e.